The maximum Gasteiger partial charge on any atom is 0.339 e. The van der Waals surface area contributed by atoms with Crippen LogP contribution in [0.4, 0.5) is 5.69 Å². The molecule has 0 radical (unpaired) electrons. The van der Waals surface area contributed by atoms with E-state index >= 15 is 0 Å². The lowest BCUT2D eigenvalue weighted by molar-refractivity contribution is 0.0602. The molecule has 1 aromatic heterocycles. The van der Waals surface area contributed by atoms with Gasteiger partial charge in [-0.3, -0.25) is 0 Å². The zero-order chi connectivity index (χ0) is 13.0. The standard InChI is InChI=1S/C13H14N2O2S/c1-9(12-7-18-8-14-12)15-11-6-4-3-5-10(11)13(16)17-2/h3-9,15H,1-2H3. The first kappa shape index (κ1) is 12.6. The Balaban J connectivity index is 2.21. The van der Waals surface area contributed by atoms with Crippen molar-refractivity contribution < 1.29 is 9.53 Å². The molecule has 0 aliphatic rings. The molecular formula is C13H14N2O2S. The van der Waals surface area contributed by atoms with Crippen molar-refractivity contribution >= 4 is 23.0 Å². The van der Waals surface area contributed by atoms with Crippen molar-refractivity contribution in [2.75, 3.05) is 12.4 Å². The van der Waals surface area contributed by atoms with Crippen LogP contribution in [0.2, 0.25) is 0 Å². The largest absolute Gasteiger partial charge is 0.465 e. The van der Waals surface area contributed by atoms with Crippen LogP contribution in [-0.2, 0) is 4.74 Å². The summed E-state index contributed by atoms with van der Waals surface area (Å²) in [4.78, 5) is 15.9. The van der Waals surface area contributed by atoms with Gasteiger partial charge < -0.3 is 10.1 Å². The third kappa shape index (κ3) is 2.68. The zero-order valence-electron chi connectivity index (χ0n) is 10.2. The number of hydrogen-bond acceptors (Lipinski definition) is 5. The van der Waals surface area contributed by atoms with Crippen molar-refractivity contribution in [2.45, 2.75) is 13.0 Å². The van der Waals surface area contributed by atoms with Gasteiger partial charge in [-0.2, -0.15) is 0 Å². The highest BCUT2D eigenvalue weighted by Gasteiger charge is 2.14. The van der Waals surface area contributed by atoms with Gasteiger partial charge in [-0.1, -0.05) is 12.1 Å². The highest BCUT2D eigenvalue weighted by molar-refractivity contribution is 7.07. The number of methoxy groups -OCH3 is 1. The van der Waals surface area contributed by atoms with E-state index in [1.54, 1.807) is 22.9 Å². The van der Waals surface area contributed by atoms with E-state index in [-0.39, 0.29) is 12.0 Å². The summed E-state index contributed by atoms with van der Waals surface area (Å²) >= 11 is 1.55. The van der Waals surface area contributed by atoms with Crippen LogP contribution in [0.25, 0.3) is 0 Å². The Morgan fingerprint density at radius 1 is 1.44 bits per heavy atom. The van der Waals surface area contributed by atoms with E-state index < -0.39 is 0 Å². The zero-order valence-corrected chi connectivity index (χ0v) is 11.0. The second-order valence-corrected chi connectivity index (χ2v) is 4.54. The molecule has 0 saturated carbocycles. The summed E-state index contributed by atoms with van der Waals surface area (Å²) in [6, 6.07) is 7.33. The van der Waals surface area contributed by atoms with Gasteiger partial charge in [0.1, 0.15) is 0 Å². The maximum absolute atomic E-state index is 11.6. The minimum atomic E-state index is -0.344. The molecule has 1 N–H and O–H groups in total. The van der Waals surface area contributed by atoms with Crippen LogP contribution in [0, 0.1) is 0 Å². The molecule has 18 heavy (non-hydrogen) atoms. The summed E-state index contributed by atoms with van der Waals surface area (Å²) in [6.45, 7) is 2.00. The summed E-state index contributed by atoms with van der Waals surface area (Å²) in [5.74, 6) is -0.344. The summed E-state index contributed by atoms with van der Waals surface area (Å²) in [5.41, 5.74) is 4.03. The van der Waals surface area contributed by atoms with Crippen molar-refractivity contribution in [3.63, 3.8) is 0 Å². The monoisotopic (exact) mass is 262 g/mol. The van der Waals surface area contributed by atoms with E-state index in [4.69, 9.17) is 4.74 Å². The van der Waals surface area contributed by atoms with Crippen LogP contribution < -0.4 is 5.32 Å². The summed E-state index contributed by atoms with van der Waals surface area (Å²) < 4.78 is 4.76. The van der Waals surface area contributed by atoms with Gasteiger partial charge in [0.25, 0.3) is 0 Å². The lowest BCUT2D eigenvalue weighted by Crippen LogP contribution is -2.11. The molecule has 0 amide bonds. The SMILES string of the molecule is COC(=O)c1ccccc1NC(C)c1cscn1. The average molecular weight is 262 g/mol. The first-order valence-electron chi connectivity index (χ1n) is 5.54. The number of para-hydroxylation sites is 1. The minimum absolute atomic E-state index is 0.0436. The van der Waals surface area contributed by atoms with Crippen LogP contribution in [0.5, 0.6) is 0 Å². The Bertz CT molecular complexity index is 526. The molecule has 2 rings (SSSR count). The van der Waals surface area contributed by atoms with Gasteiger partial charge in [-0.05, 0) is 19.1 Å². The van der Waals surface area contributed by atoms with E-state index in [0.29, 0.717) is 5.56 Å². The number of nitrogens with zero attached hydrogens (tertiary/aromatic N) is 1. The Morgan fingerprint density at radius 2 is 2.22 bits per heavy atom. The van der Waals surface area contributed by atoms with Crippen LogP contribution in [0.15, 0.2) is 35.2 Å². The molecule has 0 spiro atoms. The topological polar surface area (TPSA) is 51.2 Å². The Kier molecular flexibility index (Phi) is 3.94. The summed E-state index contributed by atoms with van der Waals surface area (Å²) in [7, 11) is 1.38. The number of esters is 1. The lowest BCUT2D eigenvalue weighted by atomic mass is 10.1. The van der Waals surface area contributed by atoms with Crippen molar-refractivity contribution in [1.29, 1.82) is 0 Å². The van der Waals surface area contributed by atoms with E-state index in [1.807, 2.05) is 30.5 Å². The molecule has 0 aliphatic carbocycles. The van der Waals surface area contributed by atoms with Gasteiger partial charge in [0.2, 0.25) is 0 Å². The molecule has 1 unspecified atom stereocenters. The first-order chi connectivity index (χ1) is 8.72. The second kappa shape index (κ2) is 5.64. The van der Waals surface area contributed by atoms with E-state index in [0.717, 1.165) is 11.4 Å². The van der Waals surface area contributed by atoms with Crippen LogP contribution in [0.3, 0.4) is 0 Å². The quantitative estimate of drug-likeness (QED) is 0.860. The van der Waals surface area contributed by atoms with Crippen LogP contribution >= 0.6 is 11.3 Å². The number of nitrogens with one attached hydrogen (secondary N) is 1. The Hall–Kier alpha value is -1.88. The molecule has 94 valence electrons. The highest BCUT2D eigenvalue weighted by Crippen LogP contribution is 2.22. The smallest absolute Gasteiger partial charge is 0.339 e. The Morgan fingerprint density at radius 3 is 2.89 bits per heavy atom. The van der Waals surface area contributed by atoms with Crippen molar-refractivity contribution in [1.82, 2.24) is 4.98 Å². The highest BCUT2D eigenvalue weighted by atomic mass is 32.1. The number of carbonyl (C=O) groups excluding carboxylic acids is 1. The number of rotatable bonds is 4. The van der Waals surface area contributed by atoms with Crippen molar-refractivity contribution in [3.05, 3.63) is 46.4 Å². The normalized spacial score (nSPS) is 11.9. The van der Waals surface area contributed by atoms with Gasteiger partial charge in [-0.15, -0.1) is 11.3 Å². The summed E-state index contributed by atoms with van der Waals surface area (Å²) in [6.07, 6.45) is 0. The van der Waals surface area contributed by atoms with Crippen LogP contribution in [-0.4, -0.2) is 18.1 Å². The molecule has 1 atom stereocenters. The molecule has 5 heteroatoms. The number of ether oxygens (including phenoxy) is 1. The van der Waals surface area contributed by atoms with E-state index in [1.165, 1.54) is 7.11 Å². The first-order valence-corrected chi connectivity index (χ1v) is 6.48. The van der Waals surface area contributed by atoms with Gasteiger partial charge in [0.05, 0.1) is 29.9 Å². The molecule has 1 heterocycles. The van der Waals surface area contributed by atoms with Gasteiger partial charge in [0, 0.05) is 11.1 Å². The molecule has 0 aliphatic heterocycles. The third-order valence-electron chi connectivity index (χ3n) is 2.60. The van der Waals surface area contributed by atoms with E-state index in [9.17, 15) is 4.79 Å². The molecule has 0 bridgehead atoms. The lowest BCUT2D eigenvalue weighted by Gasteiger charge is -2.15. The van der Waals surface area contributed by atoms with Crippen molar-refractivity contribution in [2.24, 2.45) is 0 Å². The number of benzene rings is 1. The number of hydrogen-bond donors (Lipinski definition) is 1. The molecule has 0 saturated heterocycles. The predicted octanol–water partition coefficient (Wildman–Crippen LogP) is 3.10. The number of aromatic nitrogens is 1. The molecule has 0 fully saturated rings. The molecular weight excluding hydrogens is 248 g/mol. The number of thiazole rings is 1. The summed E-state index contributed by atoms with van der Waals surface area (Å²) in [5, 5.41) is 5.26. The average Bonchev–Trinajstić information content (AvgIpc) is 2.92. The van der Waals surface area contributed by atoms with Gasteiger partial charge in [0.15, 0.2) is 0 Å². The van der Waals surface area contributed by atoms with Crippen molar-refractivity contribution in [3.8, 4) is 0 Å². The number of carbonyl (C=O) groups is 1. The van der Waals surface area contributed by atoms with Gasteiger partial charge in [-0.25, -0.2) is 9.78 Å². The van der Waals surface area contributed by atoms with E-state index in [2.05, 4.69) is 10.3 Å². The Labute approximate surface area is 110 Å². The second-order valence-electron chi connectivity index (χ2n) is 3.82. The fourth-order valence-corrected chi connectivity index (χ4v) is 2.29. The predicted molar refractivity (Wildman–Crippen MR) is 71.9 cm³/mol. The maximum atomic E-state index is 11.6. The molecule has 4 nitrogen and oxygen atoms in total. The fourth-order valence-electron chi connectivity index (χ4n) is 1.64. The molecule has 2 aromatic rings. The number of anilines is 1. The third-order valence-corrected chi connectivity index (χ3v) is 3.20. The minimum Gasteiger partial charge on any atom is -0.465 e. The van der Waals surface area contributed by atoms with Gasteiger partial charge >= 0.3 is 5.97 Å². The fraction of sp³-hybridized carbons (Fsp3) is 0.231. The molecule has 1 aromatic carbocycles. The van der Waals surface area contributed by atoms with Crippen LogP contribution in [0.1, 0.15) is 29.0 Å².